The van der Waals surface area contributed by atoms with Crippen LogP contribution >= 0.6 is 0 Å². The van der Waals surface area contributed by atoms with Crippen LogP contribution in [0.2, 0.25) is 0 Å². The first kappa shape index (κ1) is 21.1. The molecule has 1 fully saturated rings. The molecule has 156 valence electrons. The predicted molar refractivity (Wildman–Crippen MR) is 112 cm³/mol. The van der Waals surface area contributed by atoms with Crippen LogP contribution in [0.15, 0.2) is 47.1 Å². The summed E-state index contributed by atoms with van der Waals surface area (Å²) in [4.78, 5) is 26.8. The number of furan rings is 1. The van der Waals surface area contributed by atoms with E-state index in [2.05, 4.69) is 48.7 Å². The Hall–Kier alpha value is -2.60. The van der Waals surface area contributed by atoms with E-state index in [9.17, 15) is 9.59 Å². The van der Waals surface area contributed by atoms with E-state index in [0.717, 1.165) is 31.6 Å². The van der Waals surface area contributed by atoms with Gasteiger partial charge in [-0.05, 0) is 55.0 Å². The summed E-state index contributed by atoms with van der Waals surface area (Å²) >= 11 is 0. The molecule has 0 spiro atoms. The average Bonchev–Trinajstić information content (AvgIpc) is 3.38. The summed E-state index contributed by atoms with van der Waals surface area (Å²) in [7, 11) is 0. The Kier molecular flexibility index (Phi) is 7.47. The molecule has 1 aromatic carbocycles. The Labute approximate surface area is 172 Å². The molecular weight excluding hydrogens is 366 g/mol. The van der Waals surface area contributed by atoms with Crippen molar-refractivity contribution in [2.75, 3.05) is 19.6 Å². The van der Waals surface area contributed by atoms with Gasteiger partial charge in [-0.2, -0.15) is 0 Å². The Morgan fingerprint density at radius 3 is 2.66 bits per heavy atom. The molecule has 1 aliphatic rings. The molecule has 2 N–H and O–H groups in total. The van der Waals surface area contributed by atoms with E-state index in [1.54, 1.807) is 12.3 Å². The molecular formula is C23H31N3O3. The zero-order valence-corrected chi connectivity index (χ0v) is 17.3. The van der Waals surface area contributed by atoms with Gasteiger partial charge in [0.2, 0.25) is 11.8 Å². The number of nitrogens with zero attached hydrogens (tertiary/aromatic N) is 1. The number of nitrogens with one attached hydrogen (secondary N) is 2. The zero-order valence-electron chi connectivity index (χ0n) is 17.3. The number of hydrogen-bond acceptors (Lipinski definition) is 4. The van der Waals surface area contributed by atoms with E-state index in [4.69, 9.17) is 4.42 Å². The zero-order chi connectivity index (χ0) is 20.6. The molecule has 2 heterocycles. The normalized spacial score (nSPS) is 16.9. The summed E-state index contributed by atoms with van der Waals surface area (Å²) in [6.07, 6.45) is 4.09. The van der Waals surface area contributed by atoms with Gasteiger partial charge in [0.15, 0.2) is 0 Å². The summed E-state index contributed by atoms with van der Waals surface area (Å²) in [5.41, 5.74) is 2.54. The lowest BCUT2D eigenvalue weighted by atomic mass is 10.0. The molecule has 0 bridgehead atoms. The molecule has 1 saturated heterocycles. The quantitative estimate of drug-likeness (QED) is 0.682. The number of carbonyl (C=O) groups excluding carboxylic acids is 2. The number of rotatable bonds is 9. The standard InChI is InChI=1S/C23H31N3O3/c1-17(2)19-9-7-18(8-10-19)11-12-24-22(27)16-26-13-3-6-21(26)23(28)25-15-20-5-4-14-29-20/h4-5,7-10,14,17,21H,3,6,11-13,15-16H2,1-2H3,(H,24,27)(H,25,28). The van der Waals surface area contributed by atoms with Crippen LogP contribution in [0.4, 0.5) is 0 Å². The minimum Gasteiger partial charge on any atom is -0.467 e. The first-order valence-electron chi connectivity index (χ1n) is 10.4. The summed E-state index contributed by atoms with van der Waals surface area (Å²) in [5, 5.41) is 5.88. The van der Waals surface area contributed by atoms with Crippen LogP contribution in [0, 0.1) is 0 Å². The summed E-state index contributed by atoms with van der Waals surface area (Å²) < 4.78 is 5.24. The van der Waals surface area contributed by atoms with E-state index in [1.807, 2.05) is 11.0 Å². The molecule has 29 heavy (non-hydrogen) atoms. The van der Waals surface area contributed by atoms with E-state index in [-0.39, 0.29) is 24.4 Å². The van der Waals surface area contributed by atoms with Crippen molar-refractivity contribution < 1.29 is 14.0 Å². The van der Waals surface area contributed by atoms with E-state index in [1.165, 1.54) is 11.1 Å². The van der Waals surface area contributed by atoms with Gasteiger partial charge in [0.05, 0.1) is 25.4 Å². The lowest BCUT2D eigenvalue weighted by Gasteiger charge is -2.23. The molecule has 1 atom stereocenters. The average molecular weight is 398 g/mol. The number of likely N-dealkylation sites (tertiary alicyclic amines) is 1. The van der Waals surface area contributed by atoms with Crippen molar-refractivity contribution in [1.29, 1.82) is 0 Å². The second-order valence-electron chi connectivity index (χ2n) is 7.92. The second-order valence-corrected chi connectivity index (χ2v) is 7.92. The Bertz CT molecular complexity index is 784. The molecule has 2 amide bonds. The largest absolute Gasteiger partial charge is 0.467 e. The second kappa shape index (κ2) is 10.3. The van der Waals surface area contributed by atoms with Gasteiger partial charge < -0.3 is 15.1 Å². The Balaban J connectivity index is 1.40. The highest BCUT2D eigenvalue weighted by Crippen LogP contribution is 2.17. The Morgan fingerprint density at radius 2 is 1.97 bits per heavy atom. The van der Waals surface area contributed by atoms with Crippen LogP contribution in [-0.4, -0.2) is 42.4 Å². The van der Waals surface area contributed by atoms with Gasteiger partial charge in [-0.25, -0.2) is 0 Å². The van der Waals surface area contributed by atoms with Gasteiger partial charge in [-0.3, -0.25) is 14.5 Å². The fourth-order valence-corrected chi connectivity index (χ4v) is 3.67. The number of carbonyl (C=O) groups is 2. The van der Waals surface area contributed by atoms with Crippen LogP contribution in [0.5, 0.6) is 0 Å². The van der Waals surface area contributed by atoms with Gasteiger partial charge in [0.25, 0.3) is 0 Å². The molecule has 0 aliphatic carbocycles. The molecule has 0 saturated carbocycles. The first-order chi connectivity index (χ1) is 14.0. The fraction of sp³-hybridized carbons (Fsp3) is 0.478. The Morgan fingerprint density at radius 1 is 1.17 bits per heavy atom. The molecule has 2 aromatic rings. The monoisotopic (exact) mass is 397 g/mol. The van der Waals surface area contributed by atoms with E-state index in [0.29, 0.717) is 19.0 Å². The van der Waals surface area contributed by atoms with Crippen LogP contribution in [0.3, 0.4) is 0 Å². The summed E-state index contributed by atoms with van der Waals surface area (Å²) in [5.74, 6) is 1.17. The maximum absolute atomic E-state index is 12.5. The minimum atomic E-state index is -0.251. The van der Waals surface area contributed by atoms with Crippen LogP contribution < -0.4 is 10.6 Å². The number of benzene rings is 1. The molecule has 1 aliphatic heterocycles. The minimum absolute atomic E-state index is 0.0328. The predicted octanol–water partition coefficient (Wildman–Crippen LogP) is 2.84. The van der Waals surface area contributed by atoms with Gasteiger partial charge in [-0.1, -0.05) is 38.1 Å². The van der Waals surface area contributed by atoms with Crippen molar-refractivity contribution in [2.45, 2.75) is 51.6 Å². The smallest absolute Gasteiger partial charge is 0.237 e. The highest BCUT2D eigenvalue weighted by molar-refractivity contribution is 5.84. The highest BCUT2D eigenvalue weighted by Gasteiger charge is 2.31. The van der Waals surface area contributed by atoms with Crippen molar-refractivity contribution in [3.8, 4) is 0 Å². The van der Waals surface area contributed by atoms with Crippen molar-refractivity contribution in [1.82, 2.24) is 15.5 Å². The summed E-state index contributed by atoms with van der Waals surface area (Å²) in [6.45, 7) is 6.35. The van der Waals surface area contributed by atoms with Gasteiger partial charge in [0, 0.05) is 6.54 Å². The number of hydrogen-bond donors (Lipinski definition) is 2. The third kappa shape index (κ3) is 6.19. The lowest BCUT2D eigenvalue weighted by molar-refractivity contribution is -0.127. The topological polar surface area (TPSA) is 74.6 Å². The van der Waals surface area contributed by atoms with Gasteiger partial charge in [0.1, 0.15) is 5.76 Å². The maximum atomic E-state index is 12.5. The summed E-state index contributed by atoms with van der Waals surface area (Å²) in [6, 6.07) is 11.9. The van der Waals surface area contributed by atoms with Crippen LogP contribution in [0.1, 0.15) is 49.5 Å². The molecule has 6 nitrogen and oxygen atoms in total. The fourth-order valence-electron chi connectivity index (χ4n) is 3.67. The molecule has 1 aromatic heterocycles. The van der Waals surface area contributed by atoms with E-state index < -0.39 is 0 Å². The molecule has 3 rings (SSSR count). The first-order valence-corrected chi connectivity index (χ1v) is 10.4. The van der Waals surface area contributed by atoms with Crippen LogP contribution in [-0.2, 0) is 22.6 Å². The third-order valence-electron chi connectivity index (χ3n) is 5.41. The third-order valence-corrected chi connectivity index (χ3v) is 5.41. The molecule has 6 heteroatoms. The molecule has 1 unspecified atom stereocenters. The van der Waals surface area contributed by atoms with Crippen molar-refractivity contribution in [3.63, 3.8) is 0 Å². The van der Waals surface area contributed by atoms with E-state index >= 15 is 0 Å². The van der Waals surface area contributed by atoms with Crippen molar-refractivity contribution >= 4 is 11.8 Å². The SMILES string of the molecule is CC(C)c1ccc(CCNC(=O)CN2CCCC2C(=O)NCc2ccco2)cc1. The maximum Gasteiger partial charge on any atom is 0.237 e. The van der Waals surface area contributed by atoms with Crippen molar-refractivity contribution in [2.24, 2.45) is 0 Å². The lowest BCUT2D eigenvalue weighted by Crippen LogP contribution is -2.47. The molecule has 0 radical (unpaired) electrons. The van der Waals surface area contributed by atoms with Crippen LogP contribution in [0.25, 0.3) is 0 Å². The van der Waals surface area contributed by atoms with Crippen molar-refractivity contribution in [3.05, 3.63) is 59.5 Å². The van der Waals surface area contributed by atoms with Gasteiger partial charge in [-0.15, -0.1) is 0 Å². The highest BCUT2D eigenvalue weighted by atomic mass is 16.3. The number of amides is 2. The van der Waals surface area contributed by atoms with Gasteiger partial charge >= 0.3 is 0 Å².